The zero-order valence-corrected chi connectivity index (χ0v) is 16.0. The summed E-state index contributed by atoms with van der Waals surface area (Å²) in [6.07, 6.45) is 6.33. The Morgan fingerprint density at radius 2 is 2.19 bits per heavy atom. The van der Waals surface area contributed by atoms with Crippen LogP contribution in [-0.4, -0.2) is 35.6 Å². The van der Waals surface area contributed by atoms with Gasteiger partial charge in [-0.3, -0.25) is 9.59 Å². The van der Waals surface area contributed by atoms with Crippen LogP contribution in [0.5, 0.6) is 0 Å². The molecule has 1 saturated heterocycles. The molecule has 2 aromatic heterocycles. The maximum atomic E-state index is 12.7. The number of thiophene rings is 1. The lowest BCUT2D eigenvalue weighted by molar-refractivity contribution is -0.921. The minimum Gasteiger partial charge on any atom is -0.466 e. The van der Waals surface area contributed by atoms with Gasteiger partial charge >= 0.3 is 5.97 Å². The quantitative estimate of drug-likeness (QED) is 0.787. The molecule has 6 nitrogen and oxygen atoms in total. The first-order chi connectivity index (χ1) is 12.7. The van der Waals surface area contributed by atoms with Crippen molar-refractivity contribution in [3.63, 3.8) is 0 Å². The first-order valence-electron chi connectivity index (χ1n) is 9.69. The highest BCUT2D eigenvalue weighted by Gasteiger charge is 2.30. The Labute approximate surface area is 156 Å². The van der Waals surface area contributed by atoms with Gasteiger partial charge in [0.2, 0.25) is 0 Å². The number of likely N-dealkylation sites (tertiary alicyclic amines) is 1. The fourth-order valence-electron chi connectivity index (χ4n) is 4.30. The van der Waals surface area contributed by atoms with Crippen LogP contribution >= 0.6 is 11.3 Å². The van der Waals surface area contributed by atoms with Crippen molar-refractivity contribution in [2.75, 3.05) is 19.7 Å². The summed E-state index contributed by atoms with van der Waals surface area (Å²) in [5.74, 6) is 0.608. The molecule has 0 amide bonds. The van der Waals surface area contributed by atoms with Crippen molar-refractivity contribution in [3.05, 3.63) is 26.6 Å². The molecular formula is C19H26N3O3S+. The van der Waals surface area contributed by atoms with Crippen molar-refractivity contribution >= 4 is 27.5 Å². The second-order valence-corrected chi connectivity index (χ2v) is 8.46. The summed E-state index contributed by atoms with van der Waals surface area (Å²) >= 11 is 1.69. The number of fused-ring (bicyclic) bond motifs is 3. The van der Waals surface area contributed by atoms with Gasteiger partial charge in [-0.2, -0.15) is 0 Å². The van der Waals surface area contributed by atoms with Gasteiger partial charge in [0.15, 0.2) is 5.82 Å². The van der Waals surface area contributed by atoms with Gasteiger partial charge in [-0.15, -0.1) is 11.3 Å². The Balaban J connectivity index is 1.54. The highest BCUT2D eigenvalue weighted by molar-refractivity contribution is 7.18. The van der Waals surface area contributed by atoms with Crippen LogP contribution in [0.1, 0.15) is 48.9 Å². The van der Waals surface area contributed by atoms with E-state index in [4.69, 9.17) is 9.72 Å². The number of nitrogens with one attached hydrogen (secondary N) is 2. The van der Waals surface area contributed by atoms with E-state index in [0.717, 1.165) is 61.2 Å². The molecule has 1 unspecified atom stereocenters. The number of quaternary nitrogens is 1. The molecule has 2 aromatic rings. The van der Waals surface area contributed by atoms with Crippen LogP contribution in [-0.2, 0) is 28.9 Å². The summed E-state index contributed by atoms with van der Waals surface area (Å²) < 4.78 is 5.18. The number of aromatic nitrogens is 2. The van der Waals surface area contributed by atoms with Crippen LogP contribution in [0.3, 0.4) is 0 Å². The first kappa shape index (κ1) is 17.7. The van der Waals surface area contributed by atoms with Crippen LogP contribution in [0, 0.1) is 5.92 Å². The van der Waals surface area contributed by atoms with E-state index in [1.54, 1.807) is 11.3 Å². The fourth-order valence-corrected chi connectivity index (χ4v) is 5.58. The number of hydrogen-bond donors (Lipinski definition) is 2. The molecule has 1 fully saturated rings. The summed E-state index contributed by atoms with van der Waals surface area (Å²) in [6, 6.07) is 0. The Morgan fingerprint density at radius 1 is 1.35 bits per heavy atom. The second-order valence-electron chi connectivity index (χ2n) is 7.38. The molecule has 3 heterocycles. The summed E-state index contributed by atoms with van der Waals surface area (Å²) in [4.78, 5) is 36.0. The van der Waals surface area contributed by atoms with E-state index in [1.807, 2.05) is 6.92 Å². The molecule has 0 aromatic carbocycles. The number of aromatic amines is 1. The lowest BCUT2D eigenvalue weighted by Gasteiger charge is -2.28. The number of H-pyrrole nitrogens is 1. The van der Waals surface area contributed by atoms with Gasteiger partial charge in [-0.25, -0.2) is 4.98 Å². The summed E-state index contributed by atoms with van der Waals surface area (Å²) in [6.45, 7) is 4.68. The second kappa shape index (κ2) is 7.48. The third-order valence-corrected chi connectivity index (χ3v) is 6.72. The standard InChI is InChI=1S/C19H25N3O3S/c1-2-25-19(24)12-6-5-9-22(10-12)11-15-20-17(23)16-13-7-3-4-8-14(13)26-18(16)21-15/h12H,2-11H2,1H3,(H,20,21,23)/p+1/t12-/m0/s1. The van der Waals surface area contributed by atoms with Gasteiger partial charge in [0.05, 0.1) is 25.1 Å². The van der Waals surface area contributed by atoms with Crippen molar-refractivity contribution in [2.45, 2.75) is 52.0 Å². The predicted molar refractivity (Wildman–Crippen MR) is 101 cm³/mol. The lowest BCUT2D eigenvalue weighted by atomic mass is 9.97. The average molecular weight is 377 g/mol. The van der Waals surface area contributed by atoms with Crippen molar-refractivity contribution in [2.24, 2.45) is 5.92 Å². The molecule has 4 rings (SSSR count). The summed E-state index contributed by atoms with van der Waals surface area (Å²) in [5.41, 5.74) is 1.23. The average Bonchev–Trinajstić information content (AvgIpc) is 3.01. The number of carbonyl (C=O) groups is 1. The molecule has 0 spiro atoms. The first-order valence-corrected chi connectivity index (χ1v) is 10.5. The van der Waals surface area contributed by atoms with Crippen molar-refractivity contribution in [1.82, 2.24) is 9.97 Å². The Morgan fingerprint density at radius 3 is 3.04 bits per heavy atom. The fraction of sp³-hybridized carbons (Fsp3) is 0.632. The minimum absolute atomic E-state index is 0.00255. The minimum atomic E-state index is -0.0902. The van der Waals surface area contributed by atoms with Gasteiger partial charge in [0.1, 0.15) is 17.3 Å². The van der Waals surface area contributed by atoms with Crippen LogP contribution in [0.2, 0.25) is 0 Å². The molecule has 1 aliphatic heterocycles. The topological polar surface area (TPSA) is 76.5 Å². The Hall–Kier alpha value is -1.73. The number of aryl methyl sites for hydroxylation is 2. The molecule has 0 saturated carbocycles. The molecule has 2 atom stereocenters. The molecule has 2 N–H and O–H groups in total. The Bertz CT molecular complexity index is 873. The third-order valence-electron chi connectivity index (χ3n) is 5.53. The number of carbonyl (C=O) groups excluding carboxylic acids is 1. The highest BCUT2D eigenvalue weighted by Crippen LogP contribution is 2.33. The van der Waals surface area contributed by atoms with Crippen molar-refractivity contribution in [1.29, 1.82) is 0 Å². The molecular weight excluding hydrogens is 350 g/mol. The SMILES string of the molecule is CCOC(=O)[C@H]1CCC[NH+](Cc2nc3sc4c(c3c(=O)[nH]2)CCCC4)C1. The van der Waals surface area contributed by atoms with E-state index in [-0.39, 0.29) is 17.4 Å². The van der Waals surface area contributed by atoms with Crippen molar-refractivity contribution in [3.8, 4) is 0 Å². The van der Waals surface area contributed by atoms with Gasteiger partial charge < -0.3 is 14.6 Å². The summed E-state index contributed by atoms with van der Waals surface area (Å²) in [5, 5.41) is 0.812. The molecule has 1 aliphatic carbocycles. The number of esters is 1. The zero-order chi connectivity index (χ0) is 18.1. The van der Waals surface area contributed by atoms with E-state index in [2.05, 4.69) is 4.98 Å². The highest BCUT2D eigenvalue weighted by atomic mass is 32.1. The maximum absolute atomic E-state index is 12.7. The number of piperidine rings is 1. The van der Waals surface area contributed by atoms with E-state index in [1.165, 1.54) is 21.8 Å². The Kier molecular flexibility index (Phi) is 5.09. The normalized spacial score (nSPS) is 23.0. The maximum Gasteiger partial charge on any atom is 0.314 e. The summed E-state index contributed by atoms with van der Waals surface area (Å²) in [7, 11) is 0. The van der Waals surface area contributed by atoms with Crippen LogP contribution in [0.4, 0.5) is 0 Å². The molecule has 26 heavy (non-hydrogen) atoms. The van der Waals surface area contributed by atoms with Crippen molar-refractivity contribution < 1.29 is 14.4 Å². The molecule has 140 valence electrons. The predicted octanol–water partition coefficient (Wildman–Crippen LogP) is 1.22. The molecule has 0 bridgehead atoms. The molecule has 2 aliphatic rings. The number of nitrogens with zero attached hydrogens (tertiary/aromatic N) is 1. The number of rotatable bonds is 4. The zero-order valence-electron chi connectivity index (χ0n) is 15.2. The van der Waals surface area contributed by atoms with E-state index >= 15 is 0 Å². The van der Waals surface area contributed by atoms with Crippen LogP contribution in [0.25, 0.3) is 10.2 Å². The van der Waals surface area contributed by atoms with E-state index in [9.17, 15) is 9.59 Å². The monoisotopic (exact) mass is 376 g/mol. The molecule has 0 radical (unpaired) electrons. The number of hydrogen-bond acceptors (Lipinski definition) is 5. The van der Waals surface area contributed by atoms with E-state index < -0.39 is 0 Å². The van der Waals surface area contributed by atoms with Gasteiger partial charge in [-0.1, -0.05) is 0 Å². The number of ether oxygens (including phenoxy) is 1. The van der Waals surface area contributed by atoms with Gasteiger partial charge in [-0.05, 0) is 51.0 Å². The van der Waals surface area contributed by atoms with Gasteiger partial charge in [0, 0.05) is 4.88 Å². The largest absolute Gasteiger partial charge is 0.466 e. The van der Waals surface area contributed by atoms with Crippen LogP contribution in [0.15, 0.2) is 4.79 Å². The smallest absolute Gasteiger partial charge is 0.314 e. The van der Waals surface area contributed by atoms with Gasteiger partial charge in [0.25, 0.3) is 5.56 Å². The molecule has 7 heteroatoms. The third kappa shape index (κ3) is 3.42. The van der Waals surface area contributed by atoms with E-state index in [0.29, 0.717) is 13.2 Å². The van der Waals surface area contributed by atoms with Crippen LogP contribution < -0.4 is 10.5 Å². The lowest BCUT2D eigenvalue weighted by Crippen LogP contribution is -3.12.